The molecule has 0 saturated carbocycles. The van der Waals surface area contributed by atoms with Crippen molar-refractivity contribution < 1.29 is 14.4 Å². The lowest BCUT2D eigenvalue weighted by Gasteiger charge is -2.36. The smallest absolute Gasteiger partial charge is 0.330 e. The fourth-order valence-electron chi connectivity index (χ4n) is 1.02. The lowest BCUT2D eigenvalue weighted by Crippen LogP contribution is -2.51. The molecule has 4 heteroatoms. The fraction of sp³-hybridized carbons (Fsp3) is 0.800. The summed E-state index contributed by atoms with van der Waals surface area (Å²) in [6.45, 7) is 8.05. The summed E-state index contributed by atoms with van der Waals surface area (Å²) in [6.07, 6.45) is 0. The monoisotopic (exact) mass is 199 g/mol. The van der Waals surface area contributed by atoms with Gasteiger partial charge in [0.05, 0.1) is 5.41 Å². The van der Waals surface area contributed by atoms with Gasteiger partial charge in [-0.2, -0.15) is 0 Å². The predicted molar refractivity (Wildman–Crippen MR) is 51.3 cm³/mol. The van der Waals surface area contributed by atoms with Crippen LogP contribution in [-0.2, 0) is 14.4 Å². The van der Waals surface area contributed by atoms with E-state index in [9.17, 15) is 9.59 Å². The standard InChI is InChI=1S/C10H17NO3/c1-7(12)8-5-11(6-8)14-9(13)10(2,3)4/h8H,5-6H2,1-4H3. The number of hydrogen-bond donors (Lipinski definition) is 0. The van der Waals surface area contributed by atoms with Crippen LogP contribution in [0.1, 0.15) is 27.7 Å². The van der Waals surface area contributed by atoms with Crippen molar-refractivity contribution in [3.8, 4) is 0 Å². The molecule has 0 bridgehead atoms. The first-order valence-electron chi connectivity index (χ1n) is 4.78. The van der Waals surface area contributed by atoms with E-state index < -0.39 is 5.41 Å². The van der Waals surface area contributed by atoms with Crippen LogP contribution in [-0.4, -0.2) is 29.9 Å². The van der Waals surface area contributed by atoms with E-state index in [1.807, 2.05) is 0 Å². The molecule has 1 fully saturated rings. The van der Waals surface area contributed by atoms with Crippen LogP contribution in [0.25, 0.3) is 0 Å². The summed E-state index contributed by atoms with van der Waals surface area (Å²) in [5.74, 6) is -0.0460. The summed E-state index contributed by atoms with van der Waals surface area (Å²) in [7, 11) is 0. The minimum Gasteiger partial charge on any atom is -0.367 e. The van der Waals surface area contributed by atoms with Gasteiger partial charge in [-0.15, -0.1) is 5.06 Å². The summed E-state index contributed by atoms with van der Waals surface area (Å²) >= 11 is 0. The first-order valence-corrected chi connectivity index (χ1v) is 4.78. The average molecular weight is 199 g/mol. The van der Waals surface area contributed by atoms with Crippen molar-refractivity contribution in [3.05, 3.63) is 0 Å². The molecular weight excluding hydrogens is 182 g/mol. The summed E-state index contributed by atoms with van der Waals surface area (Å²) in [6, 6.07) is 0. The highest BCUT2D eigenvalue weighted by Crippen LogP contribution is 2.21. The van der Waals surface area contributed by atoms with E-state index in [-0.39, 0.29) is 17.7 Å². The molecule has 1 aliphatic heterocycles. The SMILES string of the molecule is CC(=O)C1CN(OC(=O)C(C)(C)C)C1. The Hall–Kier alpha value is -0.900. The molecule has 80 valence electrons. The maximum Gasteiger partial charge on any atom is 0.330 e. The molecule has 0 radical (unpaired) electrons. The van der Waals surface area contributed by atoms with E-state index in [0.717, 1.165) is 0 Å². The maximum absolute atomic E-state index is 11.4. The van der Waals surface area contributed by atoms with Crippen LogP contribution in [0.15, 0.2) is 0 Å². The fourth-order valence-corrected chi connectivity index (χ4v) is 1.02. The molecule has 0 amide bonds. The lowest BCUT2D eigenvalue weighted by molar-refractivity contribution is -0.227. The van der Waals surface area contributed by atoms with E-state index in [0.29, 0.717) is 13.1 Å². The number of rotatable bonds is 2. The number of carbonyl (C=O) groups excluding carboxylic acids is 2. The Morgan fingerprint density at radius 3 is 2.14 bits per heavy atom. The Balaban J connectivity index is 2.30. The molecule has 1 saturated heterocycles. The molecule has 14 heavy (non-hydrogen) atoms. The lowest BCUT2D eigenvalue weighted by atomic mass is 9.97. The van der Waals surface area contributed by atoms with Crippen LogP contribution in [0.2, 0.25) is 0 Å². The van der Waals surface area contributed by atoms with Gasteiger partial charge in [-0.05, 0) is 27.7 Å². The van der Waals surface area contributed by atoms with Crippen LogP contribution in [0.4, 0.5) is 0 Å². The molecule has 0 aromatic carbocycles. The quantitative estimate of drug-likeness (QED) is 0.666. The van der Waals surface area contributed by atoms with Gasteiger partial charge in [0.2, 0.25) is 0 Å². The minimum absolute atomic E-state index is 0.0442. The van der Waals surface area contributed by atoms with Crippen molar-refractivity contribution in [2.45, 2.75) is 27.7 Å². The van der Waals surface area contributed by atoms with Gasteiger partial charge in [-0.3, -0.25) is 4.79 Å². The topological polar surface area (TPSA) is 46.6 Å². The minimum atomic E-state index is -0.485. The van der Waals surface area contributed by atoms with E-state index in [1.54, 1.807) is 32.8 Å². The van der Waals surface area contributed by atoms with Crippen LogP contribution in [0, 0.1) is 11.3 Å². The Bertz CT molecular complexity index is 249. The van der Waals surface area contributed by atoms with Gasteiger partial charge in [-0.1, -0.05) is 0 Å². The van der Waals surface area contributed by atoms with Gasteiger partial charge in [0.15, 0.2) is 0 Å². The van der Waals surface area contributed by atoms with Gasteiger partial charge < -0.3 is 4.84 Å². The summed E-state index contributed by atoms with van der Waals surface area (Å²) in [5, 5.41) is 1.54. The molecule has 0 N–H and O–H groups in total. The van der Waals surface area contributed by atoms with Crippen LogP contribution in [0.5, 0.6) is 0 Å². The summed E-state index contributed by atoms with van der Waals surface area (Å²) < 4.78 is 0. The third-order valence-electron chi connectivity index (χ3n) is 2.25. The molecule has 0 atom stereocenters. The second kappa shape index (κ2) is 3.69. The van der Waals surface area contributed by atoms with Gasteiger partial charge in [0, 0.05) is 19.0 Å². The number of hydroxylamine groups is 2. The number of Topliss-reactive ketones (excluding diaryl/α,β-unsaturated/α-hetero) is 1. The Labute approximate surface area is 84.2 Å². The molecular formula is C10H17NO3. The van der Waals surface area contributed by atoms with Crippen molar-refractivity contribution >= 4 is 11.8 Å². The van der Waals surface area contributed by atoms with Crippen molar-refractivity contribution in [1.82, 2.24) is 5.06 Å². The van der Waals surface area contributed by atoms with E-state index in [1.165, 1.54) is 0 Å². The first kappa shape index (κ1) is 11.2. The molecule has 0 aromatic heterocycles. The molecule has 0 spiro atoms. The largest absolute Gasteiger partial charge is 0.367 e. The van der Waals surface area contributed by atoms with Crippen molar-refractivity contribution in [2.75, 3.05) is 13.1 Å². The summed E-state index contributed by atoms with van der Waals surface area (Å²) in [4.78, 5) is 27.4. The molecule has 4 nitrogen and oxygen atoms in total. The third kappa shape index (κ3) is 2.54. The second-order valence-corrected chi connectivity index (χ2v) is 4.78. The third-order valence-corrected chi connectivity index (χ3v) is 2.25. The number of nitrogens with zero attached hydrogens (tertiary/aromatic N) is 1. The Kier molecular flexibility index (Phi) is 2.95. The highest BCUT2D eigenvalue weighted by Gasteiger charge is 2.35. The van der Waals surface area contributed by atoms with Gasteiger partial charge in [-0.25, -0.2) is 4.79 Å². The molecule has 1 aliphatic rings. The van der Waals surface area contributed by atoms with Gasteiger partial charge in [0.1, 0.15) is 5.78 Å². The van der Waals surface area contributed by atoms with Crippen LogP contribution < -0.4 is 0 Å². The normalized spacial score (nSPS) is 18.9. The zero-order valence-corrected chi connectivity index (χ0v) is 9.16. The van der Waals surface area contributed by atoms with E-state index in [4.69, 9.17) is 4.84 Å². The first-order chi connectivity index (χ1) is 6.30. The molecule has 0 aromatic rings. The van der Waals surface area contributed by atoms with Crippen molar-refractivity contribution in [3.63, 3.8) is 0 Å². The number of ketones is 1. The molecule has 1 heterocycles. The van der Waals surface area contributed by atoms with Gasteiger partial charge >= 0.3 is 5.97 Å². The predicted octanol–water partition coefficient (Wildman–Crippen LogP) is 1.01. The molecule has 0 aliphatic carbocycles. The Morgan fingerprint density at radius 1 is 1.29 bits per heavy atom. The van der Waals surface area contributed by atoms with Crippen LogP contribution >= 0.6 is 0 Å². The average Bonchev–Trinajstić information content (AvgIpc) is 1.92. The number of hydrogen-bond acceptors (Lipinski definition) is 4. The number of carbonyl (C=O) groups is 2. The van der Waals surface area contributed by atoms with Crippen molar-refractivity contribution in [1.29, 1.82) is 0 Å². The van der Waals surface area contributed by atoms with E-state index >= 15 is 0 Å². The molecule has 0 unspecified atom stereocenters. The van der Waals surface area contributed by atoms with Crippen molar-refractivity contribution in [2.24, 2.45) is 11.3 Å². The Morgan fingerprint density at radius 2 is 1.79 bits per heavy atom. The molecule has 1 rings (SSSR count). The zero-order valence-electron chi connectivity index (χ0n) is 9.16. The van der Waals surface area contributed by atoms with E-state index in [2.05, 4.69) is 0 Å². The van der Waals surface area contributed by atoms with Gasteiger partial charge in [0.25, 0.3) is 0 Å². The van der Waals surface area contributed by atoms with Crippen LogP contribution in [0.3, 0.4) is 0 Å². The zero-order chi connectivity index (χ0) is 10.9. The highest BCUT2D eigenvalue weighted by molar-refractivity contribution is 5.80. The highest BCUT2D eigenvalue weighted by atomic mass is 16.7. The maximum atomic E-state index is 11.4. The second-order valence-electron chi connectivity index (χ2n) is 4.78. The summed E-state index contributed by atoms with van der Waals surface area (Å²) in [5.41, 5.74) is -0.485.